The van der Waals surface area contributed by atoms with Gasteiger partial charge in [0.15, 0.2) is 0 Å². The highest BCUT2D eigenvalue weighted by molar-refractivity contribution is 6.09. The van der Waals surface area contributed by atoms with E-state index < -0.39 is 0 Å². The molecule has 29 heavy (non-hydrogen) atoms. The molecule has 5 aromatic rings. The van der Waals surface area contributed by atoms with Crippen LogP contribution in [0.1, 0.15) is 35.4 Å². The summed E-state index contributed by atoms with van der Waals surface area (Å²) in [6.45, 7) is 2.06. The minimum absolute atomic E-state index is 0.488. The number of H-pyrrole nitrogens is 2. The number of nitrogens with one attached hydrogen (secondary N) is 2. The van der Waals surface area contributed by atoms with Crippen LogP contribution < -0.4 is 0 Å². The summed E-state index contributed by atoms with van der Waals surface area (Å²) < 4.78 is 0. The molecule has 6 rings (SSSR count). The summed E-state index contributed by atoms with van der Waals surface area (Å²) in [5.74, 6) is 0. The molecule has 0 radical (unpaired) electrons. The highest BCUT2D eigenvalue weighted by Crippen LogP contribution is 2.39. The van der Waals surface area contributed by atoms with E-state index in [0.717, 1.165) is 45.9 Å². The van der Waals surface area contributed by atoms with Gasteiger partial charge in [-0.25, -0.2) is 4.98 Å². The predicted octanol–water partition coefficient (Wildman–Crippen LogP) is 5.32. The van der Waals surface area contributed by atoms with Crippen molar-refractivity contribution in [2.45, 2.75) is 32.6 Å². The van der Waals surface area contributed by atoms with Gasteiger partial charge < -0.3 is 4.98 Å². The Kier molecular flexibility index (Phi) is 3.33. The van der Waals surface area contributed by atoms with Crippen molar-refractivity contribution in [1.82, 2.24) is 20.2 Å². The molecule has 1 aliphatic carbocycles. The molecule has 3 aromatic heterocycles. The number of hydrogen-bond donors (Lipinski definition) is 2. The largest absolute Gasteiger partial charge is 0.354 e. The van der Waals surface area contributed by atoms with Crippen molar-refractivity contribution in [3.63, 3.8) is 0 Å². The molecule has 140 valence electrons. The molecule has 0 bridgehead atoms. The van der Waals surface area contributed by atoms with Gasteiger partial charge in [-0.3, -0.25) is 5.10 Å². The van der Waals surface area contributed by atoms with Gasteiger partial charge in [-0.15, -0.1) is 0 Å². The van der Waals surface area contributed by atoms with Crippen LogP contribution >= 0.6 is 0 Å². The van der Waals surface area contributed by atoms with Crippen molar-refractivity contribution in [3.8, 4) is 17.3 Å². The van der Waals surface area contributed by atoms with Crippen molar-refractivity contribution in [2.75, 3.05) is 0 Å². The first kappa shape index (κ1) is 16.3. The number of rotatable bonds is 1. The van der Waals surface area contributed by atoms with Crippen LogP contribution in [-0.4, -0.2) is 20.2 Å². The summed E-state index contributed by atoms with van der Waals surface area (Å²) >= 11 is 0. The second-order valence-corrected chi connectivity index (χ2v) is 7.92. The summed E-state index contributed by atoms with van der Waals surface area (Å²) in [6, 6.07) is 14.7. The molecule has 5 nitrogen and oxygen atoms in total. The summed E-state index contributed by atoms with van der Waals surface area (Å²) in [6.07, 6.45) is 4.52. The predicted molar refractivity (Wildman–Crippen MR) is 115 cm³/mol. The number of hydrogen-bond acceptors (Lipinski definition) is 3. The number of aromatic nitrogens is 4. The van der Waals surface area contributed by atoms with Crippen molar-refractivity contribution in [1.29, 1.82) is 5.26 Å². The van der Waals surface area contributed by atoms with Crippen LogP contribution in [0.15, 0.2) is 36.4 Å². The summed E-state index contributed by atoms with van der Waals surface area (Å²) in [7, 11) is 0. The molecule has 0 atom stereocenters. The van der Waals surface area contributed by atoms with E-state index in [1.165, 1.54) is 40.6 Å². The second-order valence-electron chi connectivity index (χ2n) is 7.92. The van der Waals surface area contributed by atoms with Crippen LogP contribution in [0.3, 0.4) is 0 Å². The molecule has 0 amide bonds. The topological polar surface area (TPSA) is 81.2 Å². The molecule has 0 saturated heterocycles. The molecule has 2 aromatic carbocycles. The summed E-state index contributed by atoms with van der Waals surface area (Å²) in [4.78, 5) is 8.19. The van der Waals surface area contributed by atoms with Gasteiger partial charge in [-0.2, -0.15) is 10.4 Å². The molecule has 5 heteroatoms. The monoisotopic (exact) mass is 377 g/mol. The Balaban J connectivity index is 1.69. The van der Waals surface area contributed by atoms with E-state index in [9.17, 15) is 5.26 Å². The third-order valence-electron chi connectivity index (χ3n) is 6.22. The number of benzene rings is 2. The molecular formula is C24H19N5. The van der Waals surface area contributed by atoms with E-state index in [0.29, 0.717) is 5.69 Å². The highest BCUT2D eigenvalue weighted by atomic mass is 15.1. The van der Waals surface area contributed by atoms with Crippen LogP contribution in [0.5, 0.6) is 0 Å². The number of aryl methyl sites for hydroxylation is 2. The number of nitrogens with zero attached hydrogens (tertiary/aromatic N) is 3. The van der Waals surface area contributed by atoms with Gasteiger partial charge in [-0.05, 0) is 79.6 Å². The maximum Gasteiger partial charge on any atom is 0.141 e. The van der Waals surface area contributed by atoms with E-state index in [1.807, 2.05) is 12.1 Å². The van der Waals surface area contributed by atoms with Crippen LogP contribution in [0.4, 0.5) is 0 Å². The third-order valence-corrected chi connectivity index (χ3v) is 6.22. The maximum atomic E-state index is 9.31. The zero-order valence-corrected chi connectivity index (χ0v) is 16.1. The minimum atomic E-state index is 0.488. The molecule has 0 unspecified atom stereocenters. The van der Waals surface area contributed by atoms with Gasteiger partial charge in [0.25, 0.3) is 0 Å². The molecule has 1 aliphatic rings. The fourth-order valence-corrected chi connectivity index (χ4v) is 4.84. The van der Waals surface area contributed by atoms with Crippen molar-refractivity contribution >= 4 is 32.7 Å². The van der Waals surface area contributed by atoms with Gasteiger partial charge in [-0.1, -0.05) is 6.07 Å². The Bertz CT molecular complexity index is 1480. The van der Waals surface area contributed by atoms with Crippen molar-refractivity contribution in [2.24, 2.45) is 0 Å². The Hall–Kier alpha value is -3.65. The highest BCUT2D eigenvalue weighted by Gasteiger charge is 2.21. The van der Waals surface area contributed by atoms with Crippen LogP contribution in [-0.2, 0) is 12.8 Å². The molecular weight excluding hydrogens is 358 g/mol. The molecule has 0 aliphatic heterocycles. The zero-order valence-electron chi connectivity index (χ0n) is 16.1. The van der Waals surface area contributed by atoms with Gasteiger partial charge in [0.1, 0.15) is 11.8 Å². The molecule has 2 N–H and O–H groups in total. The fraction of sp³-hybridized carbons (Fsp3) is 0.208. The molecule has 0 fully saturated rings. The first-order chi connectivity index (χ1) is 14.2. The Morgan fingerprint density at radius 2 is 1.79 bits per heavy atom. The van der Waals surface area contributed by atoms with Crippen molar-refractivity contribution < 1.29 is 0 Å². The van der Waals surface area contributed by atoms with E-state index in [2.05, 4.69) is 57.4 Å². The number of fused-ring (bicyclic) bond motifs is 6. The number of aromatic amines is 2. The Morgan fingerprint density at radius 1 is 0.966 bits per heavy atom. The van der Waals surface area contributed by atoms with E-state index in [4.69, 9.17) is 0 Å². The molecule has 3 heterocycles. The molecule has 0 spiro atoms. The Labute approximate surface area is 167 Å². The summed E-state index contributed by atoms with van der Waals surface area (Å²) in [5.41, 5.74) is 9.78. The second kappa shape index (κ2) is 5.92. The average molecular weight is 377 g/mol. The average Bonchev–Trinajstić information content (AvgIpc) is 3.36. The number of pyridine rings is 1. The standard InChI is InChI=1S/C24H19N5/c1-13-18-10-14(6-7-21(18)29-28-13)24-17-5-3-2-4-16(17)23-19-11-15(12-25)26-20(19)8-9-22(23)27-24/h6-11,27H,2-5H2,1H3,(H,28,29). The minimum Gasteiger partial charge on any atom is -0.354 e. The summed E-state index contributed by atoms with van der Waals surface area (Å²) in [5, 5.41) is 20.2. The van der Waals surface area contributed by atoms with Crippen LogP contribution in [0.25, 0.3) is 44.0 Å². The smallest absolute Gasteiger partial charge is 0.141 e. The van der Waals surface area contributed by atoms with Gasteiger partial charge >= 0.3 is 0 Å². The lowest BCUT2D eigenvalue weighted by atomic mass is 9.85. The number of nitriles is 1. The third kappa shape index (κ3) is 2.32. The first-order valence-corrected chi connectivity index (χ1v) is 10.1. The van der Waals surface area contributed by atoms with Gasteiger partial charge in [0.2, 0.25) is 0 Å². The van der Waals surface area contributed by atoms with Gasteiger partial charge in [0.05, 0.1) is 11.0 Å². The first-order valence-electron chi connectivity index (χ1n) is 10.1. The van der Waals surface area contributed by atoms with E-state index >= 15 is 0 Å². The normalized spacial score (nSPS) is 13.8. The lowest BCUT2D eigenvalue weighted by Crippen LogP contribution is -2.07. The fourth-order valence-electron chi connectivity index (χ4n) is 4.84. The van der Waals surface area contributed by atoms with Crippen LogP contribution in [0, 0.1) is 18.3 Å². The van der Waals surface area contributed by atoms with Gasteiger partial charge in [0, 0.05) is 33.1 Å². The van der Waals surface area contributed by atoms with E-state index in [1.54, 1.807) is 0 Å². The van der Waals surface area contributed by atoms with E-state index in [-0.39, 0.29) is 0 Å². The zero-order chi connectivity index (χ0) is 19.5. The maximum absolute atomic E-state index is 9.31. The quantitative estimate of drug-likeness (QED) is 0.415. The SMILES string of the molecule is Cc1[nH]nc2ccc(-c3[nH]c4ccc5nc(C#N)cc5c4c4c3CCCC4)cc12. The lowest BCUT2D eigenvalue weighted by molar-refractivity contribution is 0.689. The lowest BCUT2D eigenvalue weighted by Gasteiger charge is -2.23. The van der Waals surface area contributed by atoms with Crippen molar-refractivity contribution in [3.05, 3.63) is 58.9 Å². The molecule has 0 saturated carbocycles. The van der Waals surface area contributed by atoms with Crippen LogP contribution in [0.2, 0.25) is 0 Å². The Morgan fingerprint density at radius 3 is 2.66 bits per heavy atom.